The number of hydrogen-bond acceptors (Lipinski definition) is 4. The summed E-state index contributed by atoms with van der Waals surface area (Å²) in [5.41, 5.74) is 0. The molecule has 1 atom stereocenters. The summed E-state index contributed by atoms with van der Waals surface area (Å²) >= 11 is 7.30. The molecule has 0 bridgehead atoms. The second-order valence-corrected chi connectivity index (χ2v) is 5.42. The van der Waals surface area contributed by atoms with Crippen LogP contribution in [0, 0.1) is 0 Å². The minimum absolute atomic E-state index is 2.05. The van der Waals surface area contributed by atoms with Gasteiger partial charge in [0, 0.05) is 0 Å². The van der Waals surface area contributed by atoms with Crippen LogP contribution in [-0.2, 0) is 16.1 Å². The molecule has 0 rings (SSSR count). The van der Waals surface area contributed by atoms with Crippen molar-refractivity contribution >= 4 is 38.4 Å². The van der Waals surface area contributed by atoms with Crippen LogP contribution in [0.2, 0.25) is 0 Å². The van der Waals surface area contributed by atoms with E-state index >= 15 is 0 Å². The SMILES string of the molecule is OP(S)OP(O)(O)=S. The summed E-state index contributed by atoms with van der Waals surface area (Å²) in [5, 5.41) is 0. The highest BCUT2D eigenvalue weighted by molar-refractivity contribution is 8.42. The van der Waals surface area contributed by atoms with Crippen LogP contribution in [0.1, 0.15) is 0 Å². The third kappa shape index (κ3) is 7.27. The monoisotopic (exact) mass is 194 g/mol. The topological polar surface area (TPSA) is 69.9 Å². The molecule has 0 aliphatic rings. The van der Waals surface area contributed by atoms with Crippen LogP contribution in [0.4, 0.5) is 0 Å². The van der Waals surface area contributed by atoms with Gasteiger partial charge in [0.1, 0.15) is 0 Å². The number of thiol groups is 1. The lowest BCUT2D eigenvalue weighted by Crippen LogP contribution is -1.75. The average Bonchev–Trinajstić information content (AvgIpc) is 1.21. The zero-order valence-electron chi connectivity index (χ0n) is 3.50. The van der Waals surface area contributed by atoms with Crippen molar-refractivity contribution in [2.24, 2.45) is 0 Å². The second-order valence-electron chi connectivity index (χ2n) is 0.825. The molecular formula is H4O4P2S2. The maximum Gasteiger partial charge on any atom is 0.327 e. The summed E-state index contributed by atoms with van der Waals surface area (Å²) in [6, 6.07) is 0. The molecule has 0 radical (unpaired) electrons. The third-order valence-corrected chi connectivity index (χ3v) is 2.87. The molecule has 8 heteroatoms. The lowest BCUT2D eigenvalue weighted by molar-refractivity contribution is 0.371. The molecule has 8 heavy (non-hydrogen) atoms. The summed E-state index contributed by atoms with van der Waals surface area (Å²) < 4.78 is 3.96. The highest BCUT2D eigenvalue weighted by Crippen LogP contribution is 2.53. The zero-order chi connectivity index (χ0) is 6.78. The van der Waals surface area contributed by atoms with Crippen LogP contribution in [0.15, 0.2) is 0 Å². The lowest BCUT2D eigenvalue weighted by Gasteiger charge is -2.06. The Hall–Kier alpha value is 1.27. The Balaban J connectivity index is 3.56. The van der Waals surface area contributed by atoms with Crippen LogP contribution in [-0.4, -0.2) is 14.7 Å². The van der Waals surface area contributed by atoms with Crippen molar-refractivity contribution in [3.8, 4) is 0 Å². The first-order valence-corrected chi connectivity index (χ1v) is 6.34. The molecule has 0 aromatic heterocycles. The van der Waals surface area contributed by atoms with Crippen molar-refractivity contribution < 1.29 is 19.0 Å². The fourth-order valence-electron chi connectivity index (χ4n) is 0.0951. The first-order valence-electron chi connectivity index (χ1n) is 1.35. The van der Waals surface area contributed by atoms with Gasteiger partial charge >= 0.3 is 6.72 Å². The normalized spacial score (nSPS) is 16.0. The Labute approximate surface area is 57.8 Å². The van der Waals surface area contributed by atoms with E-state index < -0.39 is 14.3 Å². The van der Waals surface area contributed by atoms with Gasteiger partial charge in [-0.2, -0.15) is 0 Å². The van der Waals surface area contributed by atoms with Crippen molar-refractivity contribution in [1.82, 2.24) is 0 Å². The smallest absolute Gasteiger partial charge is 0.327 e. The molecule has 0 aliphatic heterocycles. The van der Waals surface area contributed by atoms with Gasteiger partial charge in [-0.05, 0) is 11.8 Å². The predicted molar refractivity (Wildman–Crippen MR) is 37.9 cm³/mol. The molecule has 0 aromatic rings. The van der Waals surface area contributed by atoms with Gasteiger partial charge in [-0.3, -0.25) is 0 Å². The maximum atomic E-state index is 8.25. The van der Waals surface area contributed by atoms with Gasteiger partial charge in [0.15, 0.2) is 0 Å². The van der Waals surface area contributed by atoms with Crippen LogP contribution in [0.5, 0.6) is 0 Å². The van der Waals surface area contributed by atoms with Gasteiger partial charge in [-0.15, -0.1) is 0 Å². The van der Waals surface area contributed by atoms with Crippen LogP contribution >= 0.6 is 26.5 Å². The molecule has 0 spiro atoms. The summed E-state index contributed by atoms with van der Waals surface area (Å²) in [6.45, 7) is -3.69. The van der Waals surface area contributed by atoms with Crippen molar-refractivity contribution in [2.75, 3.05) is 0 Å². The highest BCUT2D eigenvalue weighted by atomic mass is 32.7. The fourth-order valence-corrected chi connectivity index (χ4v) is 2.79. The van der Waals surface area contributed by atoms with E-state index in [1.165, 1.54) is 0 Å². The molecular weight excluding hydrogens is 190 g/mol. The third-order valence-electron chi connectivity index (χ3n) is 0.179. The molecule has 0 amide bonds. The Morgan fingerprint density at radius 1 is 1.62 bits per heavy atom. The van der Waals surface area contributed by atoms with Crippen molar-refractivity contribution in [3.63, 3.8) is 0 Å². The van der Waals surface area contributed by atoms with Gasteiger partial charge < -0.3 is 14.7 Å². The number of rotatable bonds is 2. The Kier molecular flexibility index (Phi) is 3.99. The molecule has 3 N–H and O–H groups in total. The molecule has 0 saturated carbocycles. The van der Waals surface area contributed by atoms with E-state index in [0.29, 0.717) is 0 Å². The standard InChI is InChI=1S/H4O4P2S2/c1-5(7)4-6(2,3)8/h1,7H,(H2,2,3,8). The van der Waals surface area contributed by atoms with E-state index in [-0.39, 0.29) is 0 Å². The maximum absolute atomic E-state index is 8.25. The van der Waals surface area contributed by atoms with Gasteiger partial charge in [-0.25, -0.2) is 4.31 Å². The van der Waals surface area contributed by atoms with Gasteiger partial charge in [0.25, 0.3) is 0 Å². The minimum Gasteiger partial charge on any atom is -0.342 e. The van der Waals surface area contributed by atoms with Crippen molar-refractivity contribution in [3.05, 3.63) is 0 Å². The Morgan fingerprint density at radius 2 is 2.00 bits per heavy atom. The molecule has 0 aliphatic carbocycles. The summed E-state index contributed by atoms with van der Waals surface area (Å²) in [5.74, 6) is 0. The van der Waals surface area contributed by atoms with Gasteiger partial charge in [-0.1, -0.05) is 12.2 Å². The highest BCUT2D eigenvalue weighted by Gasteiger charge is 2.12. The van der Waals surface area contributed by atoms with Gasteiger partial charge in [0.2, 0.25) is 7.58 Å². The predicted octanol–water partition coefficient (Wildman–Crippen LogP) is 0.361. The summed E-state index contributed by atoms with van der Waals surface area (Å²) in [4.78, 5) is 24.7. The van der Waals surface area contributed by atoms with Crippen molar-refractivity contribution in [2.45, 2.75) is 0 Å². The zero-order valence-corrected chi connectivity index (χ0v) is 7.00. The van der Waals surface area contributed by atoms with E-state index in [4.69, 9.17) is 14.7 Å². The average molecular weight is 194 g/mol. The number of hydrogen-bond donors (Lipinski definition) is 4. The van der Waals surface area contributed by atoms with E-state index in [1.807, 2.05) is 0 Å². The molecule has 1 unspecified atom stereocenters. The molecule has 0 saturated heterocycles. The first kappa shape index (κ1) is 9.27. The first-order chi connectivity index (χ1) is 3.42. The molecule has 0 aromatic carbocycles. The van der Waals surface area contributed by atoms with E-state index in [9.17, 15) is 0 Å². The van der Waals surface area contributed by atoms with Crippen molar-refractivity contribution in [1.29, 1.82) is 0 Å². The van der Waals surface area contributed by atoms with Crippen LogP contribution < -0.4 is 0 Å². The lowest BCUT2D eigenvalue weighted by atomic mass is 15.8. The summed E-state index contributed by atoms with van der Waals surface area (Å²) in [7, 11) is -2.05. The Bertz CT molecular complexity index is 105. The quantitative estimate of drug-likeness (QED) is 0.377. The van der Waals surface area contributed by atoms with Crippen LogP contribution in [0.25, 0.3) is 0 Å². The minimum atomic E-state index is -3.69. The second kappa shape index (κ2) is 3.44. The molecule has 50 valence electrons. The summed E-state index contributed by atoms with van der Waals surface area (Å²) in [6.07, 6.45) is 0. The largest absolute Gasteiger partial charge is 0.342 e. The molecule has 0 fully saturated rings. The van der Waals surface area contributed by atoms with Crippen LogP contribution in [0.3, 0.4) is 0 Å². The Morgan fingerprint density at radius 3 is 2.00 bits per heavy atom. The van der Waals surface area contributed by atoms with E-state index in [0.717, 1.165) is 0 Å². The van der Waals surface area contributed by atoms with E-state index in [1.54, 1.807) is 0 Å². The van der Waals surface area contributed by atoms with E-state index in [2.05, 4.69) is 28.4 Å². The molecule has 4 nitrogen and oxygen atoms in total. The van der Waals surface area contributed by atoms with Gasteiger partial charge in [0.05, 0.1) is 0 Å². The molecule has 0 heterocycles. The fraction of sp³-hybridized carbons (Fsp3) is 0.